The number of para-hydroxylation sites is 1. The molecule has 5 heterocycles. The maximum atomic E-state index is 9.53. The quantitative estimate of drug-likeness (QED) is 0.398. The fraction of sp³-hybridized carbons (Fsp3) is 0.400. The number of hydrogen-bond acceptors (Lipinski definition) is 10. The number of halogens is 1. The Labute approximate surface area is 183 Å². The van der Waals surface area contributed by atoms with E-state index in [4.69, 9.17) is 25.9 Å². The van der Waals surface area contributed by atoms with Gasteiger partial charge in [-0.2, -0.15) is 10.2 Å². The summed E-state index contributed by atoms with van der Waals surface area (Å²) in [5, 5.41) is 17.4. The van der Waals surface area contributed by atoms with E-state index in [9.17, 15) is 5.26 Å². The first-order chi connectivity index (χ1) is 15.0. The first kappa shape index (κ1) is 18.5. The topological polar surface area (TPSA) is 97.3 Å². The zero-order valence-electron chi connectivity index (χ0n) is 16.9. The predicted molar refractivity (Wildman–Crippen MR) is 111 cm³/mol. The minimum Gasteiger partial charge on any atom is -0.362 e. The van der Waals surface area contributed by atoms with Crippen molar-refractivity contribution in [2.75, 3.05) is 16.6 Å². The van der Waals surface area contributed by atoms with Crippen molar-refractivity contribution in [2.24, 2.45) is 4.99 Å². The van der Waals surface area contributed by atoms with Crippen LogP contribution in [0.2, 0.25) is 0 Å². The molecule has 31 heavy (non-hydrogen) atoms. The van der Waals surface area contributed by atoms with Crippen LogP contribution in [0, 0.1) is 11.5 Å². The molecule has 1 fully saturated rings. The summed E-state index contributed by atoms with van der Waals surface area (Å²) in [5.41, 5.74) is 0.918. The molecule has 0 radical (unpaired) electrons. The first-order valence-corrected chi connectivity index (χ1v) is 10.5. The molecule has 2 aromatic rings. The van der Waals surface area contributed by atoms with Gasteiger partial charge in [0, 0.05) is 5.56 Å². The summed E-state index contributed by atoms with van der Waals surface area (Å²) in [4.78, 5) is 12.6. The Bertz CT molecular complexity index is 1170. The van der Waals surface area contributed by atoms with E-state index in [2.05, 4.69) is 30.2 Å². The van der Waals surface area contributed by atoms with E-state index in [0.717, 1.165) is 29.9 Å². The lowest BCUT2D eigenvalue weighted by Crippen LogP contribution is -2.50. The van der Waals surface area contributed by atoms with Crippen molar-refractivity contribution in [2.45, 2.75) is 44.0 Å². The van der Waals surface area contributed by atoms with Crippen LogP contribution in [0.4, 0.5) is 11.6 Å². The monoisotopic (exact) mass is 438 g/mol. The molecular formula is C20H19ClN8O2. The van der Waals surface area contributed by atoms with Crippen LogP contribution in [0.25, 0.3) is 0 Å². The lowest BCUT2D eigenvalue weighted by atomic mass is 10.1. The van der Waals surface area contributed by atoms with Crippen LogP contribution in [-0.2, 0) is 4.74 Å². The van der Waals surface area contributed by atoms with Crippen LogP contribution >= 0.6 is 11.6 Å². The maximum absolute atomic E-state index is 9.53. The van der Waals surface area contributed by atoms with Crippen molar-refractivity contribution >= 4 is 29.1 Å². The second-order valence-electron chi connectivity index (χ2n) is 8.36. The van der Waals surface area contributed by atoms with E-state index in [1.165, 1.54) is 4.90 Å². The molecule has 1 saturated heterocycles. The molecule has 158 valence electrons. The number of nitrogens with zero attached hydrogens (tertiary/aromatic N) is 8. The van der Waals surface area contributed by atoms with Crippen molar-refractivity contribution in [3.63, 3.8) is 0 Å². The summed E-state index contributed by atoms with van der Waals surface area (Å²) in [6.45, 7) is 4.42. The lowest BCUT2D eigenvalue weighted by molar-refractivity contribution is -0.0292. The molecule has 2 atom stereocenters. The molecule has 0 N–H and O–H groups in total. The second-order valence-corrected chi connectivity index (χ2v) is 8.75. The zero-order valence-corrected chi connectivity index (χ0v) is 17.7. The van der Waals surface area contributed by atoms with Gasteiger partial charge in [-0.15, -0.1) is 0 Å². The third-order valence-electron chi connectivity index (χ3n) is 5.88. The Morgan fingerprint density at radius 2 is 2.13 bits per heavy atom. The Morgan fingerprint density at radius 1 is 1.29 bits per heavy atom. The van der Waals surface area contributed by atoms with Gasteiger partial charge in [-0.25, -0.2) is 19.9 Å². The number of benzene rings is 1. The highest BCUT2D eigenvalue weighted by Crippen LogP contribution is 2.44. The Morgan fingerprint density at radius 3 is 2.90 bits per heavy atom. The van der Waals surface area contributed by atoms with Crippen molar-refractivity contribution in [1.29, 1.82) is 5.26 Å². The van der Waals surface area contributed by atoms with E-state index in [-0.39, 0.29) is 11.7 Å². The highest BCUT2D eigenvalue weighted by atomic mass is 35.5. The normalized spacial score (nSPS) is 25.7. The first-order valence-electron chi connectivity index (χ1n) is 10.0. The van der Waals surface area contributed by atoms with E-state index in [1.807, 2.05) is 39.2 Å². The number of aromatic nitrogens is 2. The van der Waals surface area contributed by atoms with Crippen LogP contribution in [0.15, 0.2) is 45.8 Å². The van der Waals surface area contributed by atoms with Crippen LogP contribution in [0.5, 0.6) is 0 Å². The highest BCUT2D eigenvalue weighted by molar-refractivity contribution is 6.23. The molecule has 11 heteroatoms. The van der Waals surface area contributed by atoms with Crippen molar-refractivity contribution in [3.05, 3.63) is 47.7 Å². The van der Waals surface area contributed by atoms with Crippen molar-refractivity contribution in [3.8, 4) is 6.19 Å². The third-order valence-corrected chi connectivity index (χ3v) is 6.29. The molecule has 2 unspecified atom stereocenters. The second kappa shape index (κ2) is 6.35. The molecule has 10 nitrogen and oxygen atoms in total. The molecule has 6 rings (SSSR count). The Hall–Kier alpha value is -3.29. The maximum Gasteiger partial charge on any atom is 0.287 e. The van der Waals surface area contributed by atoms with Gasteiger partial charge in [-0.3, -0.25) is 4.90 Å². The van der Waals surface area contributed by atoms with Crippen LogP contribution in [0.1, 0.15) is 44.2 Å². The summed E-state index contributed by atoms with van der Waals surface area (Å²) >= 11 is 6.61. The van der Waals surface area contributed by atoms with E-state index < -0.39 is 5.62 Å². The molecule has 4 aliphatic rings. The molecule has 0 saturated carbocycles. The summed E-state index contributed by atoms with van der Waals surface area (Å²) in [7, 11) is 0. The minimum atomic E-state index is -0.680. The lowest BCUT2D eigenvalue weighted by Gasteiger charge is -2.40. The number of anilines is 2. The minimum absolute atomic E-state index is 0.203. The summed E-state index contributed by atoms with van der Waals surface area (Å²) < 4.78 is 11.6. The number of ether oxygens (including phenoxy) is 1. The van der Waals surface area contributed by atoms with Crippen LogP contribution in [0.3, 0.4) is 0 Å². The molecule has 4 aliphatic heterocycles. The Kier molecular flexibility index (Phi) is 3.79. The summed E-state index contributed by atoms with van der Waals surface area (Å²) in [6.07, 6.45) is 5.36. The predicted octanol–water partition coefficient (Wildman–Crippen LogP) is 3.08. The van der Waals surface area contributed by atoms with Crippen molar-refractivity contribution in [1.82, 2.24) is 20.0 Å². The average Bonchev–Trinajstić information content (AvgIpc) is 3.52. The van der Waals surface area contributed by atoms with Gasteiger partial charge in [0.15, 0.2) is 23.5 Å². The SMILES string of the molecule is CC1(C)CCC(c2nc(N3CN=C4c5ccccc5N5C(=CN(C#N)C5Cl)N43)no2)O1. The number of rotatable bonds is 2. The molecular weight excluding hydrogens is 420 g/mol. The number of fused-ring (bicyclic) bond motifs is 6. The number of hydrazine groups is 1. The fourth-order valence-electron chi connectivity index (χ4n) is 4.41. The van der Waals surface area contributed by atoms with Gasteiger partial charge in [0.05, 0.1) is 17.5 Å². The number of amidine groups is 1. The van der Waals surface area contributed by atoms with Gasteiger partial charge in [0.2, 0.25) is 0 Å². The molecule has 0 amide bonds. The number of hydrogen-bond donors (Lipinski definition) is 0. The van der Waals surface area contributed by atoms with Gasteiger partial charge in [0.1, 0.15) is 12.8 Å². The number of nitriles is 1. The van der Waals surface area contributed by atoms with E-state index in [0.29, 0.717) is 24.3 Å². The summed E-state index contributed by atoms with van der Waals surface area (Å²) in [5.74, 6) is 2.27. The van der Waals surface area contributed by atoms with Gasteiger partial charge >= 0.3 is 0 Å². The van der Waals surface area contributed by atoms with Crippen LogP contribution < -0.4 is 9.91 Å². The standard InChI is InChI=1S/C20H19ClN8O2/c1-20(2)8-7-14(30-20)17-24-19(25-31-17)27-11-23-16-12-5-3-4-6-13(12)28-15(29(16)27)9-26(10-22)18(28)21/h3-6,9,14,18H,7-8,11H2,1-2H3. The van der Waals surface area contributed by atoms with E-state index >= 15 is 0 Å². The number of aliphatic imine (C=N–C) groups is 1. The van der Waals surface area contributed by atoms with Gasteiger partial charge in [-0.1, -0.05) is 23.7 Å². The van der Waals surface area contributed by atoms with Crippen molar-refractivity contribution < 1.29 is 9.26 Å². The zero-order chi connectivity index (χ0) is 21.3. The average molecular weight is 439 g/mol. The third kappa shape index (κ3) is 2.63. The van der Waals surface area contributed by atoms with Gasteiger partial charge < -0.3 is 9.26 Å². The molecule has 1 aromatic heterocycles. The molecule has 0 spiro atoms. The van der Waals surface area contributed by atoms with Crippen LogP contribution in [-0.4, -0.2) is 43.8 Å². The van der Waals surface area contributed by atoms with Gasteiger partial charge in [0.25, 0.3) is 11.8 Å². The van der Waals surface area contributed by atoms with Gasteiger partial charge in [-0.05, 0) is 44.0 Å². The summed E-state index contributed by atoms with van der Waals surface area (Å²) in [6, 6.07) is 7.83. The largest absolute Gasteiger partial charge is 0.362 e. The smallest absolute Gasteiger partial charge is 0.287 e. The molecule has 1 aromatic carbocycles. The fourth-order valence-corrected chi connectivity index (χ4v) is 4.71. The number of alkyl halides is 1. The highest BCUT2D eigenvalue weighted by Gasteiger charge is 2.47. The molecule has 0 aliphatic carbocycles. The Balaban J connectivity index is 1.38. The molecule has 0 bridgehead atoms. The van der Waals surface area contributed by atoms with E-state index in [1.54, 1.807) is 6.20 Å².